The molecule has 0 aromatic heterocycles. The van der Waals surface area contributed by atoms with Crippen LogP contribution in [0.3, 0.4) is 0 Å². The van der Waals surface area contributed by atoms with Crippen LogP contribution in [0.2, 0.25) is 0 Å². The Balaban J connectivity index is 1.86. The summed E-state index contributed by atoms with van der Waals surface area (Å²) < 4.78 is 64.3. The standard InChI is InChI=1S/C52H68O10P2/c1-33-26-36(54-15)30-42(50(5,6)7)46(33)60-64(59-45-25-24-35(53-14)29-41(45)49(2,3)4)62-48-40(28-38(56-17)32-44(48)52(11,12)13)39-27-37(55-16)31-43(51(8,9)10)47(39)61-63(57-18)58-34-22-20-19-21-23-34/h19-32H,1-18H3. The Morgan fingerprint density at radius 2 is 0.766 bits per heavy atom. The molecule has 10 nitrogen and oxygen atoms in total. The summed E-state index contributed by atoms with van der Waals surface area (Å²) in [6, 6.07) is 27.1. The van der Waals surface area contributed by atoms with Crippen LogP contribution in [0.5, 0.6) is 51.7 Å². The van der Waals surface area contributed by atoms with Crippen molar-refractivity contribution in [2.75, 3.05) is 35.5 Å². The molecular weight excluding hydrogens is 847 g/mol. The van der Waals surface area contributed by atoms with E-state index in [1.807, 2.05) is 91.9 Å². The van der Waals surface area contributed by atoms with Gasteiger partial charge in [-0.1, -0.05) is 101 Å². The van der Waals surface area contributed by atoms with E-state index in [9.17, 15) is 0 Å². The second-order valence-electron chi connectivity index (χ2n) is 19.7. The van der Waals surface area contributed by atoms with Gasteiger partial charge in [-0.3, -0.25) is 4.52 Å². The lowest BCUT2D eigenvalue weighted by Crippen LogP contribution is -2.18. The van der Waals surface area contributed by atoms with Gasteiger partial charge in [-0.05, 0) is 101 Å². The zero-order chi connectivity index (χ0) is 47.4. The first-order valence-electron chi connectivity index (χ1n) is 21.3. The van der Waals surface area contributed by atoms with Crippen LogP contribution in [0, 0.1) is 6.92 Å². The van der Waals surface area contributed by atoms with E-state index in [1.54, 1.807) is 35.5 Å². The normalized spacial score (nSPS) is 13.1. The van der Waals surface area contributed by atoms with E-state index < -0.39 is 28.0 Å². The van der Waals surface area contributed by atoms with Crippen LogP contribution in [0.4, 0.5) is 0 Å². The molecule has 2 atom stereocenters. The molecule has 12 heteroatoms. The summed E-state index contributed by atoms with van der Waals surface area (Å²) in [7, 11) is 3.98. The maximum Gasteiger partial charge on any atom is 0.530 e. The van der Waals surface area contributed by atoms with E-state index in [0.717, 1.165) is 33.6 Å². The van der Waals surface area contributed by atoms with Crippen molar-refractivity contribution in [3.05, 3.63) is 113 Å². The quantitative estimate of drug-likeness (QED) is 0.0891. The SMILES string of the molecule is COc1ccc(OP(Oc2c(C)cc(OC)cc2C(C)(C)C)Oc2c(-c3cc(OC)cc(C(C)(C)C)c3OP(OC)Oc3ccccc3)cc(OC)cc2C(C)(C)C)c(C(C)(C)C)c1. The summed E-state index contributed by atoms with van der Waals surface area (Å²) >= 11 is 0. The van der Waals surface area contributed by atoms with Gasteiger partial charge in [0.2, 0.25) is 0 Å². The average Bonchev–Trinajstić information content (AvgIpc) is 3.22. The van der Waals surface area contributed by atoms with Crippen molar-refractivity contribution in [1.82, 2.24) is 0 Å². The van der Waals surface area contributed by atoms with Gasteiger partial charge in [0.25, 0.3) is 0 Å². The first-order chi connectivity index (χ1) is 29.9. The molecule has 0 heterocycles. The van der Waals surface area contributed by atoms with Crippen molar-refractivity contribution >= 4 is 17.2 Å². The van der Waals surface area contributed by atoms with Gasteiger partial charge in [-0.25, -0.2) is 0 Å². The molecule has 0 bridgehead atoms. The predicted octanol–water partition coefficient (Wildman–Crippen LogP) is 15.0. The maximum absolute atomic E-state index is 7.40. The Hall–Kier alpha value is -4.88. The van der Waals surface area contributed by atoms with Gasteiger partial charge < -0.3 is 41.6 Å². The molecule has 0 spiro atoms. The number of hydrogen-bond acceptors (Lipinski definition) is 10. The Labute approximate surface area is 384 Å². The van der Waals surface area contributed by atoms with Crippen molar-refractivity contribution in [1.29, 1.82) is 0 Å². The highest BCUT2D eigenvalue weighted by atomic mass is 31.2. The molecule has 2 unspecified atom stereocenters. The summed E-state index contributed by atoms with van der Waals surface area (Å²) in [6.45, 7) is 27.6. The van der Waals surface area contributed by atoms with Gasteiger partial charge in [-0.15, -0.1) is 0 Å². The topological polar surface area (TPSA) is 92.3 Å². The van der Waals surface area contributed by atoms with Gasteiger partial charge in [0.05, 0.1) is 28.4 Å². The minimum Gasteiger partial charge on any atom is -0.497 e. The average molecular weight is 915 g/mol. The van der Waals surface area contributed by atoms with Crippen molar-refractivity contribution in [3.63, 3.8) is 0 Å². The lowest BCUT2D eigenvalue weighted by Gasteiger charge is -2.31. The fraction of sp³-hybridized carbons (Fsp3) is 0.423. The molecule has 0 saturated carbocycles. The number of para-hydroxylation sites is 1. The van der Waals surface area contributed by atoms with E-state index in [1.165, 1.54) is 0 Å². The molecule has 5 aromatic rings. The third-order valence-electron chi connectivity index (χ3n) is 10.5. The summed E-state index contributed by atoms with van der Waals surface area (Å²) in [4.78, 5) is 0. The molecular formula is C52H68O10P2. The predicted molar refractivity (Wildman–Crippen MR) is 261 cm³/mol. The molecule has 0 amide bonds. The smallest absolute Gasteiger partial charge is 0.497 e. The molecule has 0 aliphatic carbocycles. The van der Waals surface area contributed by atoms with Crippen LogP contribution in [0.15, 0.2) is 84.9 Å². The fourth-order valence-electron chi connectivity index (χ4n) is 7.01. The fourth-order valence-corrected chi connectivity index (χ4v) is 9.01. The Morgan fingerprint density at radius 3 is 1.20 bits per heavy atom. The molecule has 0 N–H and O–H groups in total. The van der Waals surface area contributed by atoms with Crippen molar-refractivity contribution in [3.8, 4) is 62.9 Å². The van der Waals surface area contributed by atoms with Gasteiger partial charge in [0.15, 0.2) is 0 Å². The Bertz CT molecular complexity index is 2370. The van der Waals surface area contributed by atoms with Crippen LogP contribution in [-0.2, 0) is 26.2 Å². The number of rotatable bonds is 16. The number of aryl methyl sites for hydroxylation is 1. The van der Waals surface area contributed by atoms with Crippen LogP contribution < -0.4 is 41.6 Å². The highest BCUT2D eigenvalue weighted by Crippen LogP contribution is 2.57. The van der Waals surface area contributed by atoms with E-state index >= 15 is 0 Å². The first kappa shape index (κ1) is 50.1. The van der Waals surface area contributed by atoms with Gasteiger partial charge in [0.1, 0.15) is 51.7 Å². The Morgan fingerprint density at radius 1 is 0.359 bits per heavy atom. The first-order valence-corrected chi connectivity index (χ1v) is 23.5. The number of hydrogen-bond donors (Lipinski definition) is 0. The lowest BCUT2D eigenvalue weighted by molar-refractivity contribution is 0.320. The van der Waals surface area contributed by atoms with Gasteiger partial charge in [-0.2, -0.15) is 0 Å². The number of methoxy groups -OCH3 is 4. The monoisotopic (exact) mass is 914 g/mol. The lowest BCUT2D eigenvalue weighted by atomic mass is 9.81. The second kappa shape index (κ2) is 20.1. The van der Waals surface area contributed by atoms with Gasteiger partial charge in [0, 0.05) is 40.5 Å². The van der Waals surface area contributed by atoms with Crippen LogP contribution >= 0.6 is 17.2 Å². The third-order valence-corrected chi connectivity index (χ3v) is 12.5. The zero-order valence-corrected chi connectivity index (χ0v) is 42.8. The molecule has 0 saturated heterocycles. The van der Waals surface area contributed by atoms with Gasteiger partial charge >= 0.3 is 17.2 Å². The zero-order valence-electron chi connectivity index (χ0n) is 41.1. The molecule has 0 aliphatic heterocycles. The summed E-state index contributed by atoms with van der Waals surface area (Å²) in [5, 5.41) is 0. The van der Waals surface area contributed by atoms with E-state index in [0.29, 0.717) is 57.1 Å². The maximum atomic E-state index is 7.40. The van der Waals surface area contributed by atoms with Crippen molar-refractivity contribution in [2.24, 2.45) is 0 Å². The van der Waals surface area contributed by atoms with E-state index in [2.05, 4.69) is 83.1 Å². The molecule has 5 aromatic carbocycles. The molecule has 0 aliphatic rings. The van der Waals surface area contributed by atoms with Crippen LogP contribution in [0.1, 0.15) is 111 Å². The molecule has 5 rings (SSSR count). The summed E-state index contributed by atoms with van der Waals surface area (Å²) in [5.74, 6) is 5.57. The Kier molecular flexibility index (Phi) is 15.7. The second-order valence-corrected chi connectivity index (χ2v) is 21.9. The largest absolute Gasteiger partial charge is 0.530 e. The highest BCUT2D eigenvalue weighted by Gasteiger charge is 2.36. The molecule has 0 radical (unpaired) electrons. The number of benzene rings is 5. The van der Waals surface area contributed by atoms with E-state index in [4.69, 9.17) is 46.1 Å². The number of ether oxygens (including phenoxy) is 4. The summed E-state index contributed by atoms with van der Waals surface area (Å²) in [5.41, 5.74) is 4.15. The van der Waals surface area contributed by atoms with Crippen LogP contribution in [-0.4, -0.2) is 35.5 Å². The van der Waals surface area contributed by atoms with Crippen molar-refractivity contribution < 1.29 is 46.1 Å². The highest BCUT2D eigenvalue weighted by molar-refractivity contribution is 7.43. The molecule has 0 fully saturated rings. The minimum absolute atomic E-state index is 0.336. The van der Waals surface area contributed by atoms with Crippen LogP contribution in [0.25, 0.3) is 11.1 Å². The van der Waals surface area contributed by atoms with E-state index in [-0.39, 0.29) is 10.8 Å². The van der Waals surface area contributed by atoms with Crippen molar-refractivity contribution in [2.45, 2.75) is 112 Å². The molecule has 346 valence electrons. The molecule has 64 heavy (non-hydrogen) atoms. The third kappa shape index (κ3) is 12.1. The minimum atomic E-state index is -2.29. The summed E-state index contributed by atoms with van der Waals surface area (Å²) in [6.07, 6.45) is 0.